The smallest absolute Gasteiger partial charge is 0.231 e. The van der Waals surface area contributed by atoms with Crippen LogP contribution in [0.3, 0.4) is 0 Å². The molecule has 0 atom stereocenters. The molecule has 0 saturated carbocycles. The van der Waals surface area contributed by atoms with Crippen LogP contribution < -0.4 is 0 Å². The molecule has 0 aromatic heterocycles. The maximum absolute atomic E-state index is 5.87. The molecule has 2 heterocycles. The first-order valence-electron chi connectivity index (χ1n) is 9.63. The highest BCUT2D eigenvalue weighted by Gasteiger charge is 2.22. The van der Waals surface area contributed by atoms with Crippen LogP contribution in [0, 0.1) is 0 Å². The zero-order valence-electron chi connectivity index (χ0n) is 15.5. The van der Waals surface area contributed by atoms with Crippen molar-refractivity contribution < 1.29 is 9.47 Å². The third-order valence-electron chi connectivity index (χ3n) is 5.01. The number of piperazine rings is 1. The van der Waals surface area contributed by atoms with Crippen LogP contribution in [0.25, 0.3) is 0 Å². The largest absolute Gasteiger partial charge is 0.456 e. The molecule has 2 aliphatic heterocycles. The normalized spacial score (nSPS) is 20.3. The van der Waals surface area contributed by atoms with Gasteiger partial charge in [0.15, 0.2) is 12.0 Å². The molecule has 0 bridgehead atoms. The van der Waals surface area contributed by atoms with E-state index < -0.39 is 0 Å². The van der Waals surface area contributed by atoms with Crippen LogP contribution in [-0.4, -0.2) is 48.3 Å². The van der Waals surface area contributed by atoms with Crippen molar-refractivity contribution in [2.45, 2.75) is 17.7 Å². The number of thioether (sulfide) groups is 1. The molecule has 0 N–H and O–H groups in total. The van der Waals surface area contributed by atoms with Gasteiger partial charge in [-0.05, 0) is 30.5 Å². The van der Waals surface area contributed by atoms with Gasteiger partial charge in [0, 0.05) is 43.4 Å². The minimum absolute atomic E-state index is 0.823. The topological polar surface area (TPSA) is 24.9 Å². The summed E-state index contributed by atoms with van der Waals surface area (Å²) in [7, 11) is 0. The number of allylic oxidation sites excluding steroid dienone is 4. The molecular weight excluding hydrogens is 356 g/mol. The predicted molar refractivity (Wildman–Crippen MR) is 110 cm³/mol. The Kier molecular flexibility index (Phi) is 6.22. The van der Waals surface area contributed by atoms with E-state index in [9.17, 15) is 0 Å². The van der Waals surface area contributed by atoms with Crippen molar-refractivity contribution in [1.82, 2.24) is 9.80 Å². The van der Waals surface area contributed by atoms with E-state index in [1.54, 1.807) is 12.5 Å². The molecule has 1 saturated heterocycles. The summed E-state index contributed by atoms with van der Waals surface area (Å²) in [5.74, 6) is 2.78. The maximum atomic E-state index is 5.87. The summed E-state index contributed by atoms with van der Waals surface area (Å²) in [5, 5.41) is 0. The minimum atomic E-state index is 0.823. The second-order valence-corrected chi connectivity index (χ2v) is 7.99. The van der Waals surface area contributed by atoms with E-state index in [0.717, 1.165) is 63.0 Å². The molecule has 5 heteroatoms. The van der Waals surface area contributed by atoms with Crippen molar-refractivity contribution in [3.8, 4) is 0 Å². The lowest BCUT2D eigenvalue weighted by molar-refractivity contribution is 0.0872. The molecule has 142 valence electrons. The highest BCUT2D eigenvalue weighted by molar-refractivity contribution is 7.99. The molecule has 1 aromatic carbocycles. The molecule has 27 heavy (non-hydrogen) atoms. The summed E-state index contributed by atoms with van der Waals surface area (Å²) < 4.78 is 11.7. The Morgan fingerprint density at radius 2 is 1.81 bits per heavy atom. The Morgan fingerprint density at radius 3 is 2.52 bits per heavy atom. The van der Waals surface area contributed by atoms with Gasteiger partial charge in [-0.15, -0.1) is 11.8 Å². The highest BCUT2D eigenvalue weighted by atomic mass is 32.2. The second-order valence-electron chi connectivity index (χ2n) is 6.82. The van der Waals surface area contributed by atoms with Crippen LogP contribution >= 0.6 is 11.8 Å². The Balaban J connectivity index is 1.19. The highest BCUT2D eigenvalue weighted by Crippen LogP contribution is 2.26. The number of ether oxygens (including phenoxy) is 2. The lowest BCUT2D eigenvalue weighted by Crippen LogP contribution is -2.46. The van der Waals surface area contributed by atoms with Gasteiger partial charge in [0.25, 0.3) is 0 Å². The van der Waals surface area contributed by atoms with E-state index in [2.05, 4.69) is 58.4 Å². The molecule has 0 unspecified atom stereocenters. The zero-order valence-corrected chi connectivity index (χ0v) is 16.4. The predicted octanol–water partition coefficient (Wildman–Crippen LogP) is 4.36. The van der Waals surface area contributed by atoms with E-state index in [1.807, 2.05) is 11.8 Å². The molecule has 0 spiro atoms. The molecular formula is C22H26N2O2S. The first-order valence-corrected chi connectivity index (χ1v) is 10.6. The van der Waals surface area contributed by atoms with Gasteiger partial charge in [0.2, 0.25) is 5.88 Å². The fourth-order valence-electron chi connectivity index (χ4n) is 3.39. The second kappa shape index (κ2) is 9.20. The summed E-state index contributed by atoms with van der Waals surface area (Å²) in [5.41, 5.74) is 1.20. The van der Waals surface area contributed by atoms with Crippen molar-refractivity contribution in [3.05, 3.63) is 78.3 Å². The summed E-state index contributed by atoms with van der Waals surface area (Å²) in [6, 6.07) is 10.6. The van der Waals surface area contributed by atoms with Crippen LogP contribution in [-0.2, 0) is 9.47 Å². The van der Waals surface area contributed by atoms with Crippen molar-refractivity contribution in [2.75, 3.05) is 38.5 Å². The van der Waals surface area contributed by atoms with E-state index in [0.29, 0.717) is 0 Å². The molecule has 1 aliphatic carbocycles. The molecule has 0 radical (unpaired) electrons. The van der Waals surface area contributed by atoms with Gasteiger partial charge in [-0.3, -0.25) is 4.90 Å². The Hall–Kier alpha value is -2.11. The van der Waals surface area contributed by atoms with Crippen molar-refractivity contribution in [1.29, 1.82) is 0 Å². The van der Waals surface area contributed by atoms with Crippen molar-refractivity contribution in [3.63, 3.8) is 0 Å². The summed E-state index contributed by atoms with van der Waals surface area (Å²) in [6.45, 7) is 5.18. The average molecular weight is 383 g/mol. The van der Waals surface area contributed by atoms with E-state index in [1.165, 1.54) is 10.5 Å². The molecule has 4 nitrogen and oxygen atoms in total. The standard InChI is InChI=1S/C22H26N2O2S/c1-3-7-19(8-4-1)21-17-26-22(18-25-21)24-13-11-23(12-14-24)15-16-27-20-9-5-2-6-10-20/h1-3,5-7,9-10,17-18H,4,8,11-16H2. The van der Waals surface area contributed by atoms with Crippen LogP contribution in [0.1, 0.15) is 12.8 Å². The number of hydrogen-bond acceptors (Lipinski definition) is 5. The first kappa shape index (κ1) is 18.3. The maximum Gasteiger partial charge on any atom is 0.231 e. The van der Waals surface area contributed by atoms with Crippen molar-refractivity contribution in [2.24, 2.45) is 0 Å². The third kappa shape index (κ3) is 4.99. The molecule has 4 rings (SSSR count). The van der Waals surface area contributed by atoms with E-state index in [-0.39, 0.29) is 0 Å². The number of benzene rings is 1. The van der Waals surface area contributed by atoms with Crippen LogP contribution in [0.15, 0.2) is 83.2 Å². The number of nitrogens with zero attached hydrogens (tertiary/aromatic N) is 2. The summed E-state index contributed by atoms with van der Waals surface area (Å²) >= 11 is 1.93. The lowest BCUT2D eigenvalue weighted by atomic mass is 10.0. The average Bonchev–Trinajstić information content (AvgIpc) is 2.76. The number of hydrogen-bond donors (Lipinski definition) is 0. The van der Waals surface area contributed by atoms with E-state index in [4.69, 9.17) is 9.47 Å². The monoisotopic (exact) mass is 382 g/mol. The zero-order chi connectivity index (χ0) is 18.3. The van der Waals surface area contributed by atoms with Crippen LogP contribution in [0.4, 0.5) is 0 Å². The van der Waals surface area contributed by atoms with Gasteiger partial charge >= 0.3 is 0 Å². The molecule has 3 aliphatic rings. The SMILES string of the molecule is C1=CCCC(C2=COC(N3CCN(CCSc4ccccc4)CC3)=CO2)=C1. The van der Waals surface area contributed by atoms with Gasteiger partial charge in [-0.2, -0.15) is 0 Å². The van der Waals surface area contributed by atoms with Gasteiger partial charge in [-0.25, -0.2) is 0 Å². The Morgan fingerprint density at radius 1 is 0.963 bits per heavy atom. The Labute approximate surface area is 165 Å². The molecule has 0 amide bonds. The van der Waals surface area contributed by atoms with Gasteiger partial charge < -0.3 is 14.4 Å². The third-order valence-corrected chi connectivity index (χ3v) is 6.00. The Bertz CT molecular complexity index is 747. The van der Waals surface area contributed by atoms with Gasteiger partial charge in [0.1, 0.15) is 6.26 Å². The summed E-state index contributed by atoms with van der Waals surface area (Å²) in [4.78, 5) is 6.14. The minimum Gasteiger partial charge on any atom is -0.456 e. The van der Waals surface area contributed by atoms with Crippen molar-refractivity contribution >= 4 is 11.8 Å². The quantitative estimate of drug-likeness (QED) is 0.681. The van der Waals surface area contributed by atoms with Gasteiger partial charge in [0.05, 0.1) is 0 Å². The fourth-order valence-corrected chi connectivity index (χ4v) is 4.33. The first-order chi connectivity index (χ1) is 13.4. The lowest BCUT2D eigenvalue weighted by Gasteiger charge is -2.36. The summed E-state index contributed by atoms with van der Waals surface area (Å²) in [6.07, 6.45) is 11.9. The molecule has 1 fully saturated rings. The molecule has 1 aromatic rings. The number of rotatable bonds is 6. The van der Waals surface area contributed by atoms with E-state index >= 15 is 0 Å². The van der Waals surface area contributed by atoms with Gasteiger partial charge in [-0.1, -0.05) is 36.4 Å². The van der Waals surface area contributed by atoms with Crippen LogP contribution in [0.2, 0.25) is 0 Å². The van der Waals surface area contributed by atoms with Crippen LogP contribution in [0.5, 0.6) is 0 Å². The fraction of sp³-hybridized carbons (Fsp3) is 0.364.